The lowest BCUT2D eigenvalue weighted by Crippen LogP contribution is -2.02. The first-order chi connectivity index (χ1) is 8.52. The standard InChI is InChI=1S/C14H16Cl2N2/c1-4-17-13-7-12(8(2)3)18-14-10(13)5-9(15)6-11(14)16/h5-8H,4H2,1-3H3,(H,17,18). The highest BCUT2D eigenvalue weighted by molar-refractivity contribution is 6.38. The average Bonchev–Trinajstić information content (AvgIpc) is 2.29. The summed E-state index contributed by atoms with van der Waals surface area (Å²) < 4.78 is 0. The van der Waals surface area contributed by atoms with Crippen LogP contribution in [0.25, 0.3) is 10.9 Å². The number of halogens is 2. The van der Waals surface area contributed by atoms with Crippen molar-refractivity contribution in [2.45, 2.75) is 26.7 Å². The molecule has 0 bridgehead atoms. The molecule has 0 fully saturated rings. The van der Waals surface area contributed by atoms with E-state index in [-0.39, 0.29) is 0 Å². The number of nitrogens with zero attached hydrogens (tertiary/aromatic N) is 1. The normalized spacial score (nSPS) is 11.2. The molecule has 0 saturated carbocycles. The van der Waals surface area contributed by atoms with Crippen molar-refractivity contribution in [3.63, 3.8) is 0 Å². The zero-order valence-corrected chi connectivity index (χ0v) is 12.2. The number of benzene rings is 1. The predicted octanol–water partition coefficient (Wildman–Crippen LogP) is 5.10. The molecule has 0 saturated heterocycles. The van der Waals surface area contributed by atoms with Crippen molar-refractivity contribution in [2.75, 3.05) is 11.9 Å². The van der Waals surface area contributed by atoms with Crippen molar-refractivity contribution >= 4 is 39.8 Å². The summed E-state index contributed by atoms with van der Waals surface area (Å²) in [5, 5.41) is 5.54. The summed E-state index contributed by atoms with van der Waals surface area (Å²) in [6, 6.07) is 5.71. The number of hydrogen-bond donors (Lipinski definition) is 1. The molecule has 0 radical (unpaired) electrons. The highest BCUT2D eigenvalue weighted by Crippen LogP contribution is 2.33. The van der Waals surface area contributed by atoms with Crippen LogP contribution in [0.5, 0.6) is 0 Å². The summed E-state index contributed by atoms with van der Waals surface area (Å²) in [6.07, 6.45) is 0. The second-order valence-corrected chi connectivity index (χ2v) is 5.41. The van der Waals surface area contributed by atoms with Crippen LogP contribution in [0.2, 0.25) is 10.0 Å². The third kappa shape index (κ3) is 2.55. The Balaban J connectivity index is 2.76. The van der Waals surface area contributed by atoms with Gasteiger partial charge in [0.2, 0.25) is 0 Å². The van der Waals surface area contributed by atoms with Gasteiger partial charge in [0.15, 0.2) is 0 Å². The Hall–Kier alpha value is -0.990. The van der Waals surface area contributed by atoms with Crippen molar-refractivity contribution in [2.24, 2.45) is 0 Å². The summed E-state index contributed by atoms with van der Waals surface area (Å²) in [5.41, 5.74) is 2.88. The highest BCUT2D eigenvalue weighted by atomic mass is 35.5. The van der Waals surface area contributed by atoms with E-state index in [4.69, 9.17) is 23.2 Å². The third-order valence-electron chi connectivity index (χ3n) is 2.81. The minimum atomic E-state index is 0.360. The number of nitrogens with one attached hydrogen (secondary N) is 1. The lowest BCUT2D eigenvalue weighted by Gasteiger charge is -2.13. The molecule has 0 unspecified atom stereocenters. The van der Waals surface area contributed by atoms with Gasteiger partial charge in [0.05, 0.1) is 10.5 Å². The molecule has 2 rings (SSSR count). The lowest BCUT2D eigenvalue weighted by molar-refractivity contribution is 0.830. The number of pyridine rings is 1. The molecular formula is C14H16Cl2N2. The van der Waals surface area contributed by atoms with E-state index >= 15 is 0 Å². The van der Waals surface area contributed by atoms with Gasteiger partial charge in [-0.25, -0.2) is 0 Å². The summed E-state index contributed by atoms with van der Waals surface area (Å²) >= 11 is 12.3. The van der Waals surface area contributed by atoms with Gasteiger partial charge in [0.25, 0.3) is 0 Å². The first kappa shape index (κ1) is 13.4. The van der Waals surface area contributed by atoms with Gasteiger partial charge in [-0.2, -0.15) is 0 Å². The molecule has 0 spiro atoms. The Labute approximate surface area is 117 Å². The zero-order chi connectivity index (χ0) is 13.3. The Kier molecular flexibility index (Phi) is 3.98. The largest absolute Gasteiger partial charge is 0.385 e. The molecule has 0 amide bonds. The predicted molar refractivity (Wildman–Crippen MR) is 80.0 cm³/mol. The Morgan fingerprint density at radius 3 is 2.56 bits per heavy atom. The van der Waals surface area contributed by atoms with E-state index in [1.165, 1.54) is 0 Å². The van der Waals surface area contributed by atoms with Gasteiger partial charge in [-0.3, -0.25) is 4.98 Å². The maximum absolute atomic E-state index is 6.24. The third-order valence-corrected chi connectivity index (χ3v) is 3.32. The van der Waals surface area contributed by atoms with Crippen molar-refractivity contribution in [1.82, 2.24) is 4.98 Å². The Morgan fingerprint density at radius 2 is 1.94 bits per heavy atom. The molecule has 96 valence electrons. The molecule has 0 atom stereocenters. The molecule has 4 heteroatoms. The van der Waals surface area contributed by atoms with E-state index in [2.05, 4.69) is 37.1 Å². The van der Waals surface area contributed by atoms with Crippen LogP contribution in [0.15, 0.2) is 18.2 Å². The molecule has 0 aliphatic carbocycles. The van der Waals surface area contributed by atoms with Crippen LogP contribution in [0.4, 0.5) is 5.69 Å². The van der Waals surface area contributed by atoms with Gasteiger partial charge in [-0.1, -0.05) is 37.0 Å². The van der Waals surface area contributed by atoms with Gasteiger partial charge in [-0.05, 0) is 31.0 Å². The molecule has 18 heavy (non-hydrogen) atoms. The zero-order valence-electron chi connectivity index (χ0n) is 10.7. The number of fused-ring (bicyclic) bond motifs is 1. The van der Waals surface area contributed by atoms with Gasteiger partial charge in [0, 0.05) is 28.3 Å². The number of anilines is 1. The fraction of sp³-hybridized carbons (Fsp3) is 0.357. The van der Waals surface area contributed by atoms with Crippen molar-refractivity contribution < 1.29 is 0 Å². The summed E-state index contributed by atoms with van der Waals surface area (Å²) in [4.78, 5) is 4.63. The summed E-state index contributed by atoms with van der Waals surface area (Å²) in [5.74, 6) is 0.360. The van der Waals surface area contributed by atoms with E-state index in [9.17, 15) is 0 Å². The SMILES string of the molecule is CCNc1cc(C(C)C)nc2c(Cl)cc(Cl)cc12. The summed E-state index contributed by atoms with van der Waals surface area (Å²) in [6.45, 7) is 7.15. The van der Waals surface area contributed by atoms with Crippen LogP contribution in [0.3, 0.4) is 0 Å². The van der Waals surface area contributed by atoms with Gasteiger partial charge in [-0.15, -0.1) is 0 Å². The lowest BCUT2D eigenvalue weighted by atomic mass is 10.1. The van der Waals surface area contributed by atoms with E-state index < -0.39 is 0 Å². The van der Waals surface area contributed by atoms with E-state index in [0.717, 1.165) is 28.8 Å². The average molecular weight is 283 g/mol. The van der Waals surface area contributed by atoms with Crippen LogP contribution in [0.1, 0.15) is 32.4 Å². The molecule has 2 aromatic rings. The smallest absolute Gasteiger partial charge is 0.0913 e. The molecule has 1 heterocycles. The second-order valence-electron chi connectivity index (χ2n) is 4.56. The van der Waals surface area contributed by atoms with Gasteiger partial charge < -0.3 is 5.32 Å². The van der Waals surface area contributed by atoms with Crippen molar-refractivity contribution in [1.29, 1.82) is 0 Å². The Morgan fingerprint density at radius 1 is 1.22 bits per heavy atom. The molecule has 0 aliphatic rings. The van der Waals surface area contributed by atoms with E-state index in [0.29, 0.717) is 16.0 Å². The highest BCUT2D eigenvalue weighted by Gasteiger charge is 2.11. The maximum Gasteiger partial charge on any atom is 0.0913 e. The van der Waals surface area contributed by atoms with E-state index in [1.54, 1.807) is 6.07 Å². The van der Waals surface area contributed by atoms with Crippen LogP contribution in [0, 0.1) is 0 Å². The van der Waals surface area contributed by atoms with Crippen molar-refractivity contribution in [3.8, 4) is 0 Å². The number of aromatic nitrogens is 1. The molecule has 1 N–H and O–H groups in total. The first-order valence-corrected chi connectivity index (χ1v) is 6.82. The van der Waals surface area contributed by atoms with Gasteiger partial charge >= 0.3 is 0 Å². The monoisotopic (exact) mass is 282 g/mol. The fourth-order valence-electron chi connectivity index (χ4n) is 1.90. The van der Waals surface area contributed by atoms with Crippen LogP contribution < -0.4 is 5.32 Å². The molecule has 1 aromatic carbocycles. The fourth-order valence-corrected chi connectivity index (χ4v) is 2.44. The Bertz CT molecular complexity index is 580. The molecule has 0 aliphatic heterocycles. The first-order valence-electron chi connectivity index (χ1n) is 6.06. The van der Waals surface area contributed by atoms with Crippen molar-refractivity contribution in [3.05, 3.63) is 33.9 Å². The minimum absolute atomic E-state index is 0.360. The van der Waals surface area contributed by atoms with Crippen LogP contribution in [-0.2, 0) is 0 Å². The molecule has 2 nitrogen and oxygen atoms in total. The quantitative estimate of drug-likeness (QED) is 0.848. The number of hydrogen-bond acceptors (Lipinski definition) is 2. The van der Waals surface area contributed by atoms with E-state index in [1.807, 2.05) is 6.07 Å². The number of rotatable bonds is 3. The van der Waals surface area contributed by atoms with Crippen LogP contribution in [-0.4, -0.2) is 11.5 Å². The summed E-state index contributed by atoms with van der Waals surface area (Å²) in [7, 11) is 0. The molecule has 1 aromatic heterocycles. The topological polar surface area (TPSA) is 24.9 Å². The second kappa shape index (κ2) is 5.33. The van der Waals surface area contributed by atoms with Gasteiger partial charge in [0.1, 0.15) is 0 Å². The minimum Gasteiger partial charge on any atom is -0.385 e. The maximum atomic E-state index is 6.24. The van der Waals surface area contributed by atoms with Crippen LogP contribution >= 0.6 is 23.2 Å². The molecular weight excluding hydrogens is 267 g/mol.